The lowest BCUT2D eigenvalue weighted by Crippen LogP contribution is -2.15. The third kappa shape index (κ3) is 43.6. The van der Waals surface area contributed by atoms with Gasteiger partial charge in [0.1, 0.15) is 0 Å². The fraction of sp³-hybridized carbons (Fsp3) is 1.00. The molecule has 278 valence electrons. The van der Waals surface area contributed by atoms with Gasteiger partial charge in [-0.1, -0.05) is 64.7 Å². The first kappa shape index (κ1) is 45.6. The quantitative estimate of drug-likeness (QED) is 0.0771. The number of hydrogen-bond donors (Lipinski definition) is 0. The van der Waals surface area contributed by atoms with Crippen molar-refractivity contribution in [1.82, 2.24) is 0 Å². The van der Waals surface area contributed by atoms with Gasteiger partial charge in [0.25, 0.3) is 0 Å². The van der Waals surface area contributed by atoms with E-state index in [1.165, 1.54) is 57.8 Å². The number of ether oxygens (including phenoxy) is 11. The van der Waals surface area contributed by atoms with Crippen molar-refractivity contribution in [2.24, 2.45) is 0 Å². The van der Waals surface area contributed by atoms with Gasteiger partial charge in [-0.2, -0.15) is 0 Å². The van der Waals surface area contributed by atoms with Gasteiger partial charge in [-0.05, 0) is 20.3 Å². The molecule has 0 aromatic rings. The fourth-order valence-corrected chi connectivity index (χ4v) is 4.12. The van der Waals surface area contributed by atoms with Crippen LogP contribution in [0.3, 0.4) is 0 Å². The molecule has 0 aliphatic heterocycles. The van der Waals surface area contributed by atoms with Crippen LogP contribution in [0.4, 0.5) is 0 Å². The Morgan fingerprint density at radius 2 is 0.478 bits per heavy atom. The lowest BCUT2D eigenvalue weighted by atomic mass is 10.1. The van der Waals surface area contributed by atoms with E-state index < -0.39 is 0 Å². The molecule has 0 rings (SSSR count). The third-order valence-corrected chi connectivity index (χ3v) is 6.67. The van der Waals surface area contributed by atoms with E-state index in [2.05, 4.69) is 6.92 Å². The molecule has 11 heteroatoms. The Bertz CT molecular complexity index is 529. The summed E-state index contributed by atoms with van der Waals surface area (Å²) in [5, 5.41) is 0. The van der Waals surface area contributed by atoms with Crippen LogP contribution in [0.15, 0.2) is 0 Å². The van der Waals surface area contributed by atoms with E-state index in [0.717, 1.165) is 13.0 Å². The van der Waals surface area contributed by atoms with Gasteiger partial charge in [0.05, 0.1) is 138 Å². The maximum atomic E-state index is 5.65. The van der Waals surface area contributed by atoms with E-state index in [4.69, 9.17) is 52.1 Å². The molecule has 0 aromatic carbocycles. The second-order valence-electron chi connectivity index (χ2n) is 11.2. The van der Waals surface area contributed by atoms with Gasteiger partial charge in [-0.3, -0.25) is 0 Å². The molecule has 0 saturated carbocycles. The first-order chi connectivity index (χ1) is 22.8. The summed E-state index contributed by atoms with van der Waals surface area (Å²) in [5.74, 6) is 0. The van der Waals surface area contributed by atoms with Gasteiger partial charge in [-0.15, -0.1) is 0 Å². The summed E-state index contributed by atoms with van der Waals surface area (Å²) >= 11 is 0. The zero-order chi connectivity index (χ0) is 33.3. The smallest absolute Gasteiger partial charge is 0.0703 e. The van der Waals surface area contributed by atoms with Crippen LogP contribution in [0, 0.1) is 0 Å². The highest BCUT2D eigenvalue weighted by molar-refractivity contribution is 4.47. The molecule has 46 heavy (non-hydrogen) atoms. The van der Waals surface area contributed by atoms with Crippen molar-refractivity contribution in [3.05, 3.63) is 0 Å². The lowest BCUT2D eigenvalue weighted by molar-refractivity contribution is -0.0286. The first-order valence-corrected chi connectivity index (χ1v) is 18.2. The molecule has 0 radical (unpaired) electrons. The summed E-state index contributed by atoms with van der Waals surface area (Å²) in [6.07, 6.45) is 13.7. The minimum Gasteiger partial charge on any atom is -0.379 e. The Morgan fingerprint density at radius 3 is 0.739 bits per heavy atom. The largest absolute Gasteiger partial charge is 0.379 e. The number of rotatable bonds is 42. The predicted molar refractivity (Wildman–Crippen MR) is 181 cm³/mol. The van der Waals surface area contributed by atoms with Crippen LogP contribution in [0.1, 0.15) is 85.0 Å². The van der Waals surface area contributed by atoms with Crippen LogP contribution in [0.5, 0.6) is 0 Å². The maximum absolute atomic E-state index is 5.65. The van der Waals surface area contributed by atoms with Crippen molar-refractivity contribution in [1.29, 1.82) is 0 Å². The summed E-state index contributed by atoms with van der Waals surface area (Å²) in [6.45, 7) is 18.2. The van der Waals surface area contributed by atoms with Gasteiger partial charge in [0, 0.05) is 6.61 Å². The molecule has 0 fully saturated rings. The zero-order valence-electron chi connectivity index (χ0n) is 30.0. The van der Waals surface area contributed by atoms with E-state index >= 15 is 0 Å². The first-order valence-electron chi connectivity index (χ1n) is 18.2. The molecular formula is C35H72O11. The minimum absolute atomic E-state index is 0.235. The Balaban J connectivity index is 3.04. The molecular weight excluding hydrogens is 596 g/mol. The summed E-state index contributed by atoms with van der Waals surface area (Å²) in [6, 6.07) is 0. The molecule has 0 N–H and O–H groups in total. The average Bonchev–Trinajstić information content (AvgIpc) is 3.05. The van der Waals surface area contributed by atoms with E-state index in [0.29, 0.717) is 132 Å². The Hall–Kier alpha value is -0.440. The lowest BCUT2D eigenvalue weighted by Gasteiger charge is -2.09. The van der Waals surface area contributed by atoms with Gasteiger partial charge in [0.2, 0.25) is 0 Å². The molecule has 0 aliphatic rings. The van der Waals surface area contributed by atoms with Crippen molar-refractivity contribution >= 4 is 0 Å². The van der Waals surface area contributed by atoms with Crippen molar-refractivity contribution in [2.75, 3.05) is 139 Å². The van der Waals surface area contributed by atoms with Crippen LogP contribution < -0.4 is 0 Å². The molecule has 0 aliphatic carbocycles. The highest BCUT2D eigenvalue weighted by atomic mass is 16.6. The molecule has 0 aromatic heterocycles. The molecule has 11 nitrogen and oxygen atoms in total. The Kier molecular flexibility index (Phi) is 42.2. The third-order valence-electron chi connectivity index (χ3n) is 6.67. The van der Waals surface area contributed by atoms with Crippen molar-refractivity contribution in [3.63, 3.8) is 0 Å². The topological polar surface area (TPSA) is 102 Å². The van der Waals surface area contributed by atoms with E-state index in [1.807, 2.05) is 13.8 Å². The van der Waals surface area contributed by atoms with Gasteiger partial charge in [-0.25, -0.2) is 0 Å². The van der Waals surface area contributed by atoms with Crippen molar-refractivity contribution in [3.8, 4) is 0 Å². The van der Waals surface area contributed by atoms with Crippen LogP contribution >= 0.6 is 0 Å². The second-order valence-corrected chi connectivity index (χ2v) is 11.2. The molecule has 0 bridgehead atoms. The summed E-state index contributed by atoms with van der Waals surface area (Å²) in [5.41, 5.74) is 0. The Morgan fingerprint density at radius 1 is 0.261 bits per heavy atom. The van der Waals surface area contributed by atoms with Gasteiger partial charge in [0.15, 0.2) is 0 Å². The summed E-state index contributed by atoms with van der Waals surface area (Å²) in [4.78, 5) is 0. The van der Waals surface area contributed by atoms with E-state index in [9.17, 15) is 0 Å². The Labute approximate surface area is 281 Å². The van der Waals surface area contributed by atoms with Crippen LogP contribution in [-0.2, 0) is 52.1 Å². The molecule has 0 amide bonds. The van der Waals surface area contributed by atoms with Crippen molar-refractivity contribution in [2.45, 2.75) is 91.1 Å². The molecule has 0 saturated heterocycles. The SMILES string of the molecule is CCCCCCCCCCCCOCCOCCOCCOCCOCCOCCOCCOCCOCCOCCOC(C)C. The monoisotopic (exact) mass is 669 g/mol. The van der Waals surface area contributed by atoms with E-state index in [-0.39, 0.29) is 6.10 Å². The molecule has 0 unspecified atom stereocenters. The van der Waals surface area contributed by atoms with Crippen LogP contribution in [0.25, 0.3) is 0 Å². The maximum Gasteiger partial charge on any atom is 0.0703 e. The zero-order valence-corrected chi connectivity index (χ0v) is 30.0. The highest BCUT2D eigenvalue weighted by Gasteiger charge is 1.97. The minimum atomic E-state index is 0.235. The van der Waals surface area contributed by atoms with Gasteiger partial charge < -0.3 is 52.1 Å². The average molecular weight is 669 g/mol. The van der Waals surface area contributed by atoms with Crippen molar-refractivity contribution < 1.29 is 52.1 Å². The number of hydrogen-bond acceptors (Lipinski definition) is 11. The fourth-order valence-electron chi connectivity index (χ4n) is 4.12. The second kappa shape index (κ2) is 42.6. The molecule has 0 spiro atoms. The van der Waals surface area contributed by atoms with Crippen LogP contribution in [-0.4, -0.2) is 145 Å². The standard InChI is InChI=1S/C35H72O11/c1-4-5-6-7-8-9-10-11-12-13-14-36-15-16-37-17-18-38-19-20-39-21-22-40-23-24-41-25-26-42-27-28-43-29-30-44-31-32-45-33-34-46-35(2)3/h35H,4-34H2,1-3H3. The van der Waals surface area contributed by atoms with Gasteiger partial charge >= 0.3 is 0 Å². The molecule has 0 atom stereocenters. The van der Waals surface area contributed by atoms with E-state index in [1.54, 1.807) is 0 Å². The number of unbranched alkanes of at least 4 members (excludes halogenated alkanes) is 9. The summed E-state index contributed by atoms with van der Waals surface area (Å²) < 4.78 is 60.4. The predicted octanol–water partition coefficient (Wildman–Crippen LogP) is 5.50. The normalized spacial score (nSPS) is 11.7. The highest BCUT2D eigenvalue weighted by Crippen LogP contribution is 2.10. The summed E-state index contributed by atoms with van der Waals surface area (Å²) in [7, 11) is 0. The molecule has 0 heterocycles. The van der Waals surface area contributed by atoms with Crippen LogP contribution in [0.2, 0.25) is 0 Å².